The molecule has 1 unspecified atom stereocenters. The minimum atomic E-state index is -4.87. The second-order valence-corrected chi connectivity index (χ2v) is 8.91. The lowest BCUT2D eigenvalue weighted by atomic mass is 10.1. The van der Waals surface area contributed by atoms with Crippen molar-refractivity contribution in [3.63, 3.8) is 0 Å². The van der Waals surface area contributed by atoms with Gasteiger partial charge in [-0.15, -0.1) is 11.3 Å². The van der Waals surface area contributed by atoms with Crippen LogP contribution in [0.5, 0.6) is 0 Å². The van der Waals surface area contributed by atoms with Crippen molar-refractivity contribution in [2.45, 2.75) is 5.66 Å². The van der Waals surface area contributed by atoms with Gasteiger partial charge >= 0.3 is 7.60 Å². The molecule has 2 aromatic carbocycles. The number of benzene rings is 2. The average molecular weight is 444 g/mol. The normalized spacial score (nSPS) is 13.2. The van der Waals surface area contributed by atoms with Gasteiger partial charge in [-0.1, -0.05) is 11.6 Å². The van der Waals surface area contributed by atoms with Crippen molar-refractivity contribution < 1.29 is 27.9 Å². The Morgan fingerprint density at radius 1 is 1.18 bits per heavy atom. The van der Waals surface area contributed by atoms with Crippen LogP contribution >= 0.6 is 30.5 Å². The summed E-state index contributed by atoms with van der Waals surface area (Å²) in [6, 6.07) is 7.65. The Morgan fingerprint density at radius 2 is 1.86 bits per heavy atom. The Kier molecular flexibility index (Phi) is 5.98. The topological polar surface area (TPSA) is 86.6 Å². The van der Waals surface area contributed by atoms with Gasteiger partial charge in [0.1, 0.15) is 11.6 Å². The maximum Gasteiger partial charge on any atom is 0.342 e. The molecule has 0 saturated heterocycles. The number of halogens is 3. The van der Waals surface area contributed by atoms with Gasteiger partial charge in [0, 0.05) is 22.0 Å². The SMILES string of the molecule is O=C(N/C=C/c1cc(F)cc(F)c1)C(c1csc2ccc(Cl)cc12)P(=O)(O)O. The quantitative estimate of drug-likeness (QED) is 0.492. The predicted octanol–water partition coefficient (Wildman–Crippen LogP) is 4.84. The van der Waals surface area contributed by atoms with Gasteiger partial charge in [0.15, 0.2) is 5.66 Å². The van der Waals surface area contributed by atoms with E-state index in [1.807, 2.05) is 0 Å². The van der Waals surface area contributed by atoms with Crippen molar-refractivity contribution in [3.8, 4) is 0 Å². The summed E-state index contributed by atoms with van der Waals surface area (Å²) in [5.41, 5.74) is -1.47. The van der Waals surface area contributed by atoms with Crippen molar-refractivity contribution >= 4 is 52.6 Å². The lowest BCUT2D eigenvalue weighted by molar-refractivity contribution is -0.120. The van der Waals surface area contributed by atoms with Crippen molar-refractivity contribution in [2.24, 2.45) is 0 Å². The van der Waals surface area contributed by atoms with Gasteiger partial charge < -0.3 is 15.1 Å². The Bertz CT molecular complexity index is 1110. The minimum absolute atomic E-state index is 0.137. The maximum atomic E-state index is 13.2. The Labute approximate surface area is 167 Å². The second kappa shape index (κ2) is 8.11. The minimum Gasteiger partial charge on any atom is -0.332 e. The summed E-state index contributed by atoms with van der Waals surface area (Å²) in [5, 5.41) is 4.59. The zero-order chi connectivity index (χ0) is 20.5. The Hall–Kier alpha value is -2.09. The molecule has 0 aliphatic carbocycles. The molecule has 0 aliphatic heterocycles. The molecule has 1 atom stereocenters. The van der Waals surface area contributed by atoms with E-state index in [2.05, 4.69) is 5.32 Å². The molecule has 3 N–H and O–H groups in total. The molecule has 0 saturated carbocycles. The molecule has 0 spiro atoms. The van der Waals surface area contributed by atoms with Crippen LogP contribution in [0.15, 0.2) is 48.0 Å². The van der Waals surface area contributed by atoms with Gasteiger partial charge in [0.05, 0.1) is 0 Å². The molecule has 1 amide bonds. The van der Waals surface area contributed by atoms with E-state index in [0.29, 0.717) is 16.5 Å². The van der Waals surface area contributed by atoms with E-state index in [4.69, 9.17) is 11.6 Å². The molecule has 3 rings (SSSR count). The highest BCUT2D eigenvalue weighted by Crippen LogP contribution is 2.54. The van der Waals surface area contributed by atoms with Crippen molar-refractivity contribution in [2.75, 3.05) is 0 Å². The molecule has 0 bridgehead atoms. The van der Waals surface area contributed by atoms with Crippen LogP contribution in [-0.2, 0) is 9.36 Å². The summed E-state index contributed by atoms with van der Waals surface area (Å²) in [7, 11) is -4.87. The molecule has 0 radical (unpaired) electrons. The van der Waals surface area contributed by atoms with Crippen LogP contribution in [0.3, 0.4) is 0 Å². The smallest absolute Gasteiger partial charge is 0.332 e. The summed E-state index contributed by atoms with van der Waals surface area (Å²) < 4.78 is 39.1. The molecule has 1 heterocycles. The summed E-state index contributed by atoms with van der Waals surface area (Å²) in [4.78, 5) is 32.0. The van der Waals surface area contributed by atoms with Gasteiger partial charge in [-0.05, 0) is 58.3 Å². The fourth-order valence-corrected chi connectivity index (χ4v) is 4.87. The van der Waals surface area contributed by atoms with E-state index >= 15 is 0 Å². The number of thiophene rings is 1. The van der Waals surface area contributed by atoms with Crippen LogP contribution in [0, 0.1) is 11.6 Å². The summed E-state index contributed by atoms with van der Waals surface area (Å²) >= 11 is 7.19. The summed E-state index contributed by atoms with van der Waals surface area (Å²) in [5.74, 6) is -2.54. The van der Waals surface area contributed by atoms with Crippen LogP contribution < -0.4 is 5.32 Å². The highest BCUT2D eigenvalue weighted by atomic mass is 35.5. The molecule has 28 heavy (non-hydrogen) atoms. The number of carbonyl (C=O) groups excluding carboxylic acids is 1. The largest absolute Gasteiger partial charge is 0.342 e. The van der Waals surface area contributed by atoms with Crippen LogP contribution in [0.1, 0.15) is 16.8 Å². The number of nitrogens with one attached hydrogen (secondary N) is 1. The van der Waals surface area contributed by atoms with Crippen molar-refractivity contribution in [3.05, 3.63) is 75.8 Å². The molecule has 0 aliphatic rings. The third-order valence-electron chi connectivity index (χ3n) is 3.83. The maximum absolute atomic E-state index is 13.2. The lowest BCUT2D eigenvalue weighted by Gasteiger charge is -2.16. The molecule has 5 nitrogen and oxygen atoms in total. The van der Waals surface area contributed by atoms with E-state index in [9.17, 15) is 27.9 Å². The number of hydrogen-bond donors (Lipinski definition) is 3. The molecule has 0 fully saturated rings. The highest BCUT2D eigenvalue weighted by molar-refractivity contribution is 7.53. The first-order chi connectivity index (χ1) is 13.1. The van der Waals surface area contributed by atoms with E-state index in [1.54, 1.807) is 12.1 Å². The molecular formula is C18H13ClF2NO4PS. The average Bonchev–Trinajstić information content (AvgIpc) is 2.95. The first kappa shape index (κ1) is 20.6. The highest BCUT2D eigenvalue weighted by Gasteiger charge is 2.38. The molecule has 10 heteroatoms. The van der Waals surface area contributed by atoms with Gasteiger partial charge in [-0.2, -0.15) is 0 Å². The number of carbonyl (C=O) groups is 1. The summed E-state index contributed by atoms with van der Waals surface area (Å²) in [6.07, 6.45) is 2.28. The lowest BCUT2D eigenvalue weighted by Crippen LogP contribution is -2.25. The monoisotopic (exact) mass is 443 g/mol. The van der Waals surface area contributed by atoms with E-state index < -0.39 is 30.8 Å². The molecule has 146 valence electrons. The van der Waals surface area contributed by atoms with Gasteiger partial charge in [0.2, 0.25) is 5.91 Å². The molecule has 3 aromatic rings. The third-order valence-corrected chi connectivity index (χ3v) is 6.23. The number of fused-ring (bicyclic) bond motifs is 1. The van der Waals surface area contributed by atoms with E-state index in [1.165, 1.54) is 28.9 Å². The number of rotatable bonds is 5. The van der Waals surface area contributed by atoms with Crippen LogP contribution in [0.4, 0.5) is 8.78 Å². The van der Waals surface area contributed by atoms with Gasteiger partial charge in [-0.25, -0.2) is 8.78 Å². The zero-order valence-electron chi connectivity index (χ0n) is 14.0. The van der Waals surface area contributed by atoms with E-state index in [-0.39, 0.29) is 11.1 Å². The standard InChI is InChI=1S/C18H13ClF2NO4PS/c19-11-1-2-16-14(7-11)15(9-28-16)17(27(24,25)26)18(23)22-4-3-10-5-12(20)8-13(21)6-10/h1-9,17H,(H,22,23)(H2,24,25,26)/b4-3+. The van der Waals surface area contributed by atoms with Crippen LogP contribution in [0.25, 0.3) is 16.2 Å². The first-order valence-electron chi connectivity index (χ1n) is 7.80. The fraction of sp³-hybridized carbons (Fsp3) is 0.0556. The van der Waals surface area contributed by atoms with E-state index in [0.717, 1.165) is 23.0 Å². The number of hydrogen-bond acceptors (Lipinski definition) is 3. The first-order valence-corrected chi connectivity index (χ1v) is 10.7. The number of amides is 1. The summed E-state index contributed by atoms with van der Waals surface area (Å²) in [6.45, 7) is 0. The Balaban J connectivity index is 1.89. The van der Waals surface area contributed by atoms with Gasteiger partial charge in [-0.3, -0.25) is 9.36 Å². The second-order valence-electron chi connectivity index (χ2n) is 5.87. The van der Waals surface area contributed by atoms with Gasteiger partial charge in [0.25, 0.3) is 0 Å². The molecule has 1 aromatic heterocycles. The van der Waals surface area contributed by atoms with Crippen molar-refractivity contribution in [1.29, 1.82) is 0 Å². The molecular weight excluding hydrogens is 431 g/mol. The fourth-order valence-electron chi connectivity index (χ4n) is 2.68. The van der Waals surface area contributed by atoms with Crippen LogP contribution in [0.2, 0.25) is 5.02 Å². The van der Waals surface area contributed by atoms with Crippen molar-refractivity contribution in [1.82, 2.24) is 5.32 Å². The predicted molar refractivity (Wildman–Crippen MR) is 105 cm³/mol. The van der Waals surface area contributed by atoms with Crippen LogP contribution in [-0.4, -0.2) is 15.7 Å². The zero-order valence-corrected chi connectivity index (χ0v) is 16.4. The Morgan fingerprint density at radius 3 is 2.50 bits per heavy atom. The third kappa shape index (κ3) is 4.66.